The Labute approximate surface area is 101 Å². The maximum Gasteiger partial charge on any atom is 0.406 e. The minimum atomic E-state index is -0.984. The summed E-state index contributed by atoms with van der Waals surface area (Å²) < 4.78 is 0. The van der Waals surface area contributed by atoms with Crippen molar-refractivity contribution in [2.24, 2.45) is 0 Å². The monoisotopic (exact) mass is 234 g/mol. The number of nitrogens with one attached hydrogen (secondary N) is 2. The summed E-state index contributed by atoms with van der Waals surface area (Å²) in [7, 11) is 0. The molecular formula is C13H18N2O2. The summed E-state index contributed by atoms with van der Waals surface area (Å²) in [5.41, 5.74) is 1.68. The second kappa shape index (κ2) is 4.75. The van der Waals surface area contributed by atoms with Gasteiger partial charge in [0.15, 0.2) is 0 Å². The molecule has 0 aliphatic carbocycles. The molecule has 4 heteroatoms. The first kappa shape index (κ1) is 11.9. The van der Waals surface area contributed by atoms with Crippen LogP contribution >= 0.6 is 0 Å². The lowest BCUT2D eigenvalue weighted by molar-refractivity contribution is 0.158. The quantitative estimate of drug-likeness (QED) is 0.750. The number of hydrogen-bond donors (Lipinski definition) is 3. The van der Waals surface area contributed by atoms with E-state index in [1.165, 1.54) is 5.56 Å². The second-order valence-corrected chi connectivity index (χ2v) is 4.42. The lowest BCUT2D eigenvalue weighted by atomic mass is 9.86. The molecule has 0 saturated heterocycles. The van der Waals surface area contributed by atoms with Crippen molar-refractivity contribution in [3.63, 3.8) is 0 Å². The van der Waals surface area contributed by atoms with Crippen molar-refractivity contribution in [3.8, 4) is 0 Å². The van der Waals surface area contributed by atoms with Gasteiger partial charge in [0.05, 0.1) is 0 Å². The van der Waals surface area contributed by atoms with Gasteiger partial charge in [0, 0.05) is 6.54 Å². The molecular weight excluding hydrogens is 216 g/mol. The molecule has 0 saturated carbocycles. The maximum atomic E-state index is 11.0. The van der Waals surface area contributed by atoms with Crippen molar-refractivity contribution in [1.82, 2.24) is 10.6 Å². The molecule has 4 nitrogen and oxygen atoms in total. The van der Waals surface area contributed by atoms with E-state index in [1.807, 2.05) is 18.2 Å². The van der Waals surface area contributed by atoms with Gasteiger partial charge in [0.2, 0.25) is 0 Å². The number of hydrogen-bond acceptors (Lipinski definition) is 2. The number of fused-ring (bicyclic) bond motifs is 1. The fourth-order valence-corrected chi connectivity index (χ4v) is 2.62. The number of benzene rings is 1. The van der Waals surface area contributed by atoms with E-state index in [0.29, 0.717) is 0 Å². The predicted molar refractivity (Wildman–Crippen MR) is 65.9 cm³/mol. The van der Waals surface area contributed by atoms with Crippen LogP contribution in [0.4, 0.5) is 4.79 Å². The van der Waals surface area contributed by atoms with Crippen molar-refractivity contribution in [1.29, 1.82) is 0 Å². The van der Waals surface area contributed by atoms with Crippen LogP contribution < -0.4 is 10.6 Å². The third kappa shape index (κ3) is 2.26. The van der Waals surface area contributed by atoms with E-state index in [-0.39, 0.29) is 0 Å². The van der Waals surface area contributed by atoms with Gasteiger partial charge in [0.25, 0.3) is 0 Å². The Kier molecular flexibility index (Phi) is 3.33. The molecule has 0 spiro atoms. The van der Waals surface area contributed by atoms with E-state index < -0.39 is 11.8 Å². The first-order valence-electron chi connectivity index (χ1n) is 6.02. The van der Waals surface area contributed by atoms with Gasteiger partial charge in [-0.2, -0.15) is 0 Å². The van der Waals surface area contributed by atoms with Crippen LogP contribution in [0.2, 0.25) is 0 Å². The molecule has 0 fully saturated rings. The Morgan fingerprint density at radius 1 is 1.53 bits per heavy atom. The lowest BCUT2D eigenvalue weighted by Gasteiger charge is -2.40. The summed E-state index contributed by atoms with van der Waals surface area (Å²) in [6.45, 7) is 2.86. The molecule has 1 aromatic carbocycles. The highest BCUT2D eigenvalue weighted by molar-refractivity contribution is 5.66. The molecule has 0 radical (unpaired) electrons. The van der Waals surface area contributed by atoms with Gasteiger partial charge in [-0.3, -0.25) is 10.6 Å². The molecule has 92 valence electrons. The minimum absolute atomic E-state index is 0.616. The average Bonchev–Trinajstić information content (AvgIpc) is 2.29. The molecule has 1 aromatic rings. The largest absolute Gasteiger partial charge is 0.465 e. The molecule has 1 aliphatic rings. The van der Waals surface area contributed by atoms with Crippen molar-refractivity contribution in [3.05, 3.63) is 35.4 Å². The van der Waals surface area contributed by atoms with E-state index in [4.69, 9.17) is 5.11 Å². The maximum absolute atomic E-state index is 11.0. The SMILES string of the molecule is CCCC1(NC(=O)O)NCCc2ccccc21. The van der Waals surface area contributed by atoms with Gasteiger partial charge < -0.3 is 5.11 Å². The van der Waals surface area contributed by atoms with Crippen LogP contribution in [0.15, 0.2) is 24.3 Å². The third-order valence-electron chi connectivity index (χ3n) is 3.24. The molecule has 1 heterocycles. The van der Waals surface area contributed by atoms with Crippen LogP contribution in [-0.4, -0.2) is 17.7 Å². The number of carboxylic acid groups (broad SMARTS) is 1. The van der Waals surface area contributed by atoms with Crippen molar-refractivity contribution >= 4 is 6.09 Å². The van der Waals surface area contributed by atoms with Crippen LogP contribution in [0.1, 0.15) is 30.9 Å². The second-order valence-electron chi connectivity index (χ2n) is 4.42. The smallest absolute Gasteiger partial charge is 0.406 e. The molecule has 2 rings (SSSR count). The van der Waals surface area contributed by atoms with Crippen LogP contribution in [0, 0.1) is 0 Å². The van der Waals surface area contributed by atoms with Gasteiger partial charge in [-0.1, -0.05) is 37.6 Å². The topological polar surface area (TPSA) is 61.4 Å². The lowest BCUT2D eigenvalue weighted by Crippen LogP contribution is -2.58. The van der Waals surface area contributed by atoms with Gasteiger partial charge in [-0.15, -0.1) is 0 Å². The Bertz CT molecular complexity index is 420. The van der Waals surface area contributed by atoms with E-state index in [0.717, 1.165) is 31.4 Å². The summed E-state index contributed by atoms with van der Waals surface area (Å²) in [5.74, 6) is 0. The van der Waals surface area contributed by atoms with Crippen LogP contribution in [-0.2, 0) is 12.1 Å². The summed E-state index contributed by atoms with van der Waals surface area (Å²) in [5, 5.41) is 15.0. The highest BCUT2D eigenvalue weighted by Gasteiger charge is 2.36. The van der Waals surface area contributed by atoms with E-state index in [1.54, 1.807) is 0 Å². The molecule has 17 heavy (non-hydrogen) atoms. The summed E-state index contributed by atoms with van der Waals surface area (Å²) >= 11 is 0. The Morgan fingerprint density at radius 2 is 2.29 bits per heavy atom. The summed E-state index contributed by atoms with van der Waals surface area (Å²) in [6, 6.07) is 8.04. The predicted octanol–water partition coefficient (Wildman–Crippen LogP) is 2.05. The van der Waals surface area contributed by atoms with Crippen LogP contribution in [0.25, 0.3) is 0 Å². The highest BCUT2D eigenvalue weighted by atomic mass is 16.4. The van der Waals surface area contributed by atoms with Crippen molar-refractivity contribution < 1.29 is 9.90 Å². The molecule has 1 amide bonds. The fraction of sp³-hybridized carbons (Fsp3) is 0.462. The van der Waals surface area contributed by atoms with Crippen LogP contribution in [0.5, 0.6) is 0 Å². The van der Waals surface area contributed by atoms with Gasteiger partial charge >= 0.3 is 6.09 Å². The van der Waals surface area contributed by atoms with E-state index in [2.05, 4.69) is 23.6 Å². The van der Waals surface area contributed by atoms with Crippen molar-refractivity contribution in [2.75, 3.05) is 6.54 Å². The fourth-order valence-electron chi connectivity index (χ4n) is 2.62. The molecule has 0 aromatic heterocycles. The molecule has 0 bridgehead atoms. The average molecular weight is 234 g/mol. The zero-order valence-corrected chi connectivity index (χ0v) is 9.99. The first-order valence-corrected chi connectivity index (χ1v) is 6.02. The zero-order chi connectivity index (χ0) is 12.3. The first-order chi connectivity index (χ1) is 8.18. The van der Waals surface area contributed by atoms with E-state index in [9.17, 15) is 4.79 Å². The summed E-state index contributed by atoms with van der Waals surface area (Å²) in [4.78, 5) is 11.0. The van der Waals surface area contributed by atoms with Gasteiger partial charge in [0.1, 0.15) is 5.66 Å². The zero-order valence-electron chi connectivity index (χ0n) is 9.99. The van der Waals surface area contributed by atoms with Crippen molar-refractivity contribution in [2.45, 2.75) is 31.8 Å². The van der Waals surface area contributed by atoms with Gasteiger partial charge in [-0.25, -0.2) is 4.79 Å². The number of rotatable bonds is 3. The number of amides is 1. The Balaban J connectivity index is 2.43. The molecule has 1 atom stereocenters. The summed E-state index contributed by atoms with van der Waals surface area (Å²) in [6.07, 6.45) is 1.64. The highest BCUT2D eigenvalue weighted by Crippen LogP contribution is 2.30. The van der Waals surface area contributed by atoms with Crippen LogP contribution in [0.3, 0.4) is 0 Å². The normalized spacial score (nSPS) is 22.9. The molecule has 3 N–H and O–H groups in total. The standard InChI is InChI=1S/C13H18N2O2/c1-2-8-13(15-12(16)17)11-6-4-3-5-10(11)7-9-14-13/h3-6,14-15H,2,7-9H2,1H3,(H,16,17). The number of carbonyl (C=O) groups is 1. The molecule has 1 aliphatic heterocycles. The van der Waals surface area contributed by atoms with E-state index >= 15 is 0 Å². The third-order valence-corrected chi connectivity index (χ3v) is 3.24. The Morgan fingerprint density at radius 3 is 3.00 bits per heavy atom. The van der Waals surface area contributed by atoms with Gasteiger partial charge in [-0.05, 0) is 24.0 Å². The minimum Gasteiger partial charge on any atom is -0.465 e. The Hall–Kier alpha value is -1.55. The molecule has 1 unspecified atom stereocenters.